The molecule has 1 aliphatic rings. The predicted molar refractivity (Wildman–Crippen MR) is 64.9 cm³/mol. The zero-order valence-corrected chi connectivity index (χ0v) is 10.3. The van der Waals surface area contributed by atoms with Crippen molar-refractivity contribution in [2.75, 3.05) is 18.1 Å². The number of hydrogen-bond donors (Lipinski definition) is 1. The Morgan fingerprint density at radius 1 is 1.35 bits per heavy atom. The molecule has 17 heavy (non-hydrogen) atoms. The first-order chi connectivity index (χ1) is 7.96. The van der Waals surface area contributed by atoms with Crippen molar-refractivity contribution >= 4 is 9.84 Å². The Morgan fingerprint density at radius 2 is 2.06 bits per heavy atom. The molecule has 1 fully saturated rings. The molecule has 0 spiro atoms. The number of benzene rings is 1. The second-order valence-corrected chi connectivity index (χ2v) is 7.00. The van der Waals surface area contributed by atoms with Gasteiger partial charge in [0, 0.05) is 5.41 Å². The minimum absolute atomic E-state index is 0.0742. The van der Waals surface area contributed by atoms with Crippen LogP contribution < -0.4 is 5.73 Å². The van der Waals surface area contributed by atoms with E-state index < -0.39 is 15.3 Å². The number of hydrogen-bond acceptors (Lipinski definition) is 3. The van der Waals surface area contributed by atoms with Crippen molar-refractivity contribution in [2.45, 2.75) is 12.8 Å². The lowest BCUT2D eigenvalue weighted by Crippen LogP contribution is -2.34. The van der Waals surface area contributed by atoms with Crippen molar-refractivity contribution in [3.8, 4) is 0 Å². The van der Waals surface area contributed by atoms with E-state index in [0.717, 1.165) is 0 Å². The molecule has 1 heterocycles. The van der Waals surface area contributed by atoms with Crippen LogP contribution in [-0.2, 0) is 16.3 Å². The highest BCUT2D eigenvalue weighted by Gasteiger charge is 2.41. The highest BCUT2D eigenvalue weighted by Crippen LogP contribution is 2.35. The minimum atomic E-state index is -3.00. The first-order valence-electron chi connectivity index (χ1n) is 5.60. The maximum atomic E-state index is 13.6. The van der Waals surface area contributed by atoms with Gasteiger partial charge in [-0.05, 0) is 31.0 Å². The summed E-state index contributed by atoms with van der Waals surface area (Å²) in [5.41, 5.74) is 5.77. The van der Waals surface area contributed by atoms with Gasteiger partial charge in [-0.1, -0.05) is 18.2 Å². The normalized spacial score (nSPS) is 27.2. The molecule has 1 saturated heterocycles. The molecule has 1 atom stereocenters. The zero-order valence-electron chi connectivity index (χ0n) is 9.52. The molecule has 5 heteroatoms. The van der Waals surface area contributed by atoms with E-state index in [4.69, 9.17) is 5.73 Å². The van der Waals surface area contributed by atoms with Gasteiger partial charge in [0.2, 0.25) is 0 Å². The van der Waals surface area contributed by atoms with E-state index in [1.165, 1.54) is 6.07 Å². The van der Waals surface area contributed by atoms with Crippen molar-refractivity contribution in [2.24, 2.45) is 11.1 Å². The van der Waals surface area contributed by atoms with Crippen molar-refractivity contribution < 1.29 is 12.8 Å². The maximum absolute atomic E-state index is 13.6. The second kappa shape index (κ2) is 4.38. The van der Waals surface area contributed by atoms with Gasteiger partial charge in [0.15, 0.2) is 9.84 Å². The Hall–Kier alpha value is -0.940. The smallest absolute Gasteiger partial charge is 0.150 e. The predicted octanol–water partition coefficient (Wildman–Crippen LogP) is 1.13. The van der Waals surface area contributed by atoms with Crippen LogP contribution in [-0.4, -0.2) is 26.5 Å². The van der Waals surface area contributed by atoms with Crippen LogP contribution in [0, 0.1) is 11.2 Å². The van der Waals surface area contributed by atoms with Gasteiger partial charge in [-0.3, -0.25) is 0 Å². The van der Waals surface area contributed by atoms with E-state index in [-0.39, 0.29) is 23.9 Å². The van der Waals surface area contributed by atoms with E-state index in [0.29, 0.717) is 18.4 Å². The molecule has 0 saturated carbocycles. The summed E-state index contributed by atoms with van der Waals surface area (Å²) in [6.45, 7) is 0.278. The third kappa shape index (κ3) is 2.66. The van der Waals surface area contributed by atoms with Gasteiger partial charge in [0.25, 0.3) is 0 Å². The molecule has 0 bridgehead atoms. The average Bonchev–Trinajstić information content (AvgIpc) is 2.59. The Bertz CT molecular complexity index is 515. The molecule has 1 aromatic carbocycles. The van der Waals surface area contributed by atoms with Gasteiger partial charge >= 0.3 is 0 Å². The zero-order chi connectivity index (χ0) is 12.5. The molecular weight excluding hydrogens is 241 g/mol. The molecule has 3 nitrogen and oxygen atoms in total. The summed E-state index contributed by atoms with van der Waals surface area (Å²) in [4.78, 5) is 0. The van der Waals surface area contributed by atoms with E-state index >= 15 is 0 Å². The molecule has 0 aromatic heterocycles. The lowest BCUT2D eigenvalue weighted by Gasteiger charge is -2.25. The van der Waals surface area contributed by atoms with Crippen LogP contribution in [0.4, 0.5) is 4.39 Å². The van der Waals surface area contributed by atoms with Gasteiger partial charge in [-0.15, -0.1) is 0 Å². The summed E-state index contributed by atoms with van der Waals surface area (Å²) in [6, 6.07) is 6.46. The molecule has 94 valence electrons. The number of nitrogens with two attached hydrogens (primary N) is 1. The van der Waals surface area contributed by atoms with Gasteiger partial charge in [-0.25, -0.2) is 12.8 Å². The van der Waals surface area contributed by atoms with E-state index in [1.807, 2.05) is 0 Å². The van der Waals surface area contributed by atoms with E-state index in [1.54, 1.807) is 18.2 Å². The van der Waals surface area contributed by atoms with Crippen LogP contribution >= 0.6 is 0 Å². The number of sulfone groups is 1. The van der Waals surface area contributed by atoms with Gasteiger partial charge in [-0.2, -0.15) is 0 Å². The fourth-order valence-corrected chi connectivity index (χ4v) is 4.59. The van der Waals surface area contributed by atoms with Crippen LogP contribution in [0.25, 0.3) is 0 Å². The highest BCUT2D eigenvalue weighted by atomic mass is 32.2. The Morgan fingerprint density at radius 3 is 2.59 bits per heavy atom. The van der Waals surface area contributed by atoms with Crippen molar-refractivity contribution in [1.29, 1.82) is 0 Å². The van der Waals surface area contributed by atoms with Crippen LogP contribution in [0.15, 0.2) is 24.3 Å². The molecule has 1 unspecified atom stereocenters. The molecule has 0 amide bonds. The van der Waals surface area contributed by atoms with Crippen molar-refractivity contribution in [3.05, 3.63) is 35.6 Å². The largest absolute Gasteiger partial charge is 0.330 e. The first kappa shape index (κ1) is 12.5. The molecule has 1 aromatic rings. The van der Waals surface area contributed by atoms with Crippen LogP contribution in [0.3, 0.4) is 0 Å². The summed E-state index contributed by atoms with van der Waals surface area (Å²) >= 11 is 0. The fourth-order valence-electron chi connectivity index (χ4n) is 2.40. The standard InChI is InChI=1S/C12H16FNO2S/c13-11-4-2-1-3-10(11)7-12(8-14)5-6-17(15,16)9-12/h1-4H,5-9,14H2. The monoisotopic (exact) mass is 257 g/mol. The van der Waals surface area contributed by atoms with Crippen LogP contribution in [0.2, 0.25) is 0 Å². The number of halogens is 1. The first-order valence-corrected chi connectivity index (χ1v) is 7.42. The van der Waals surface area contributed by atoms with Gasteiger partial charge in [0.05, 0.1) is 11.5 Å². The summed E-state index contributed by atoms with van der Waals surface area (Å²) in [6.07, 6.45) is 0.926. The average molecular weight is 257 g/mol. The third-order valence-electron chi connectivity index (χ3n) is 3.43. The molecule has 1 aliphatic heterocycles. The SMILES string of the molecule is NCC1(Cc2ccccc2F)CCS(=O)(=O)C1. The molecular formula is C12H16FNO2S. The summed E-state index contributed by atoms with van der Waals surface area (Å²) in [5, 5.41) is 0. The fraction of sp³-hybridized carbons (Fsp3) is 0.500. The summed E-state index contributed by atoms with van der Waals surface area (Å²) < 4.78 is 36.6. The topological polar surface area (TPSA) is 60.2 Å². The van der Waals surface area contributed by atoms with Crippen molar-refractivity contribution in [1.82, 2.24) is 0 Å². The lowest BCUT2D eigenvalue weighted by atomic mass is 9.81. The lowest BCUT2D eigenvalue weighted by molar-refractivity contribution is 0.339. The molecule has 0 aliphatic carbocycles. The summed E-state index contributed by atoms with van der Waals surface area (Å²) in [5.74, 6) is -0.0478. The summed E-state index contributed by atoms with van der Waals surface area (Å²) in [7, 11) is -3.00. The highest BCUT2D eigenvalue weighted by molar-refractivity contribution is 7.91. The van der Waals surface area contributed by atoms with E-state index in [9.17, 15) is 12.8 Å². The Balaban J connectivity index is 2.25. The molecule has 0 radical (unpaired) electrons. The van der Waals surface area contributed by atoms with Crippen LogP contribution in [0.5, 0.6) is 0 Å². The quantitative estimate of drug-likeness (QED) is 0.883. The third-order valence-corrected chi connectivity index (χ3v) is 5.30. The number of rotatable bonds is 3. The van der Waals surface area contributed by atoms with Crippen LogP contribution in [0.1, 0.15) is 12.0 Å². The molecule has 2 rings (SSSR count). The van der Waals surface area contributed by atoms with Gasteiger partial charge in [0.1, 0.15) is 5.82 Å². The second-order valence-electron chi connectivity index (χ2n) is 4.81. The Labute approximate surface area is 101 Å². The molecule has 2 N–H and O–H groups in total. The maximum Gasteiger partial charge on any atom is 0.150 e. The van der Waals surface area contributed by atoms with Crippen molar-refractivity contribution in [3.63, 3.8) is 0 Å². The van der Waals surface area contributed by atoms with Gasteiger partial charge < -0.3 is 5.73 Å². The minimum Gasteiger partial charge on any atom is -0.330 e. The van der Waals surface area contributed by atoms with E-state index in [2.05, 4.69) is 0 Å². The Kier molecular flexibility index (Phi) is 3.23.